The molecule has 0 spiro atoms. The van der Waals surface area contributed by atoms with E-state index >= 15 is 0 Å². The molecule has 0 radical (unpaired) electrons. The van der Waals surface area contributed by atoms with E-state index in [1.54, 1.807) is 13.3 Å². The Bertz CT molecular complexity index is 659. The first-order valence-corrected chi connectivity index (χ1v) is 7.09. The molecule has 110 valence electrons. The van der Waals surface area contributed by atoms with Gasteiger partial charge in [0, 0.05) is 37.7 Å². The number of methoxy groups -OCH3 is 1. The lowest BCUT2D eigenvalue weighted by Gasteiger charge is -2.27. The van der Waals surface area contributed by atoms with Gasteiger partial charge in [0.25, 0.3) is 0 Å². The van der Waals surface area contributed by atoms with Crippen molar-refractivity contribution in [3.63, 3.8) is 0 Å². The zero-order valence-electron chi connectivity index (χ0n) is 12.0. The Morgan fingerprint density at radius 2 is 2.29 bits per heavy atom. The van der Waals surface area contributed by atoms with Crippen LogP contribution in [0.4, 0.5) is 0 Å². The minimum Gasteiger partial charge on any atom is -0.383 e. The Hall–Kier alpha value is -1.98. The molecule has 21 heavy (non-hydrogen) atoms. The highest BCUT2D eigenvalue weighted by molar-refractivity contribution is 5.82. The fourth-order valence-corrected chi connectivity index (χ4v) is 2.98. The van der Waals surface area contributed by atoms with Crippen LogP contribution in [0.1, 0.15) is 18.0 Å². The van der Waals surface area contributed by atoms with Crippen LogP contribution in [0.25, 0.3) is 10.9 Å². The van der Waals surface area contributed by atoms with E-state index in [2.05, 4.69) is 11.1 Å². The first kappa shape index (κ1) is 14.0. The second kappa shape index (κ2) is 5.79. The monoisotopic (exact) mass is 285 g/mol. The highest BCUT2D eigenvalue weighted by Crippen LogP contribution is 2.33. The number of carbonyl (C=O) groups excluding carboxylic acids is 1. The van der Waals surface area contributed by atoms with Gasteiger partial charge in [-0.3, -0.25) is 9.78 Å². The van der Waals surface area contributed by atoms with Crippen LogP contribution < -0.4 is 5.73 Å². The van der Waals surface area contributed by atoms with Gasteiger partial charge in [0.05, 0.1) is 18.2 Å². The highest BCUT2D eigenvalue weighted by Gasteiger charge is 2.38. The number of benzene rings is 1. The fourth-order valence-electron chi connectivity index (χ4n) is 2.98. The molecule has 2 heterocycles. The quantitative estimate of drug-likeness (QED) is 0.924. The molecule has 2 atom stereocenters. The summed E-state index contributed by atoms with van der Waals surface area (Å²) in [6.45, 7) is 1.09. The predicted molar refractivity (Wildman–Crippen MR) is 80.7 cm³/mol. The molecule has 1 aliphatic rings. The van der Waals surface area contributed by atoms with E-state index < -0.39 is 0 Å². The van der Waals surface area contributed by atoms with E-state index in [9.17, 15) is 4.79 Å². The van der Waals surface area contributed by atoms with Crippen LogP contribution in [0.15, 0.2) is 36.5 Å². The lowest BCUT2D eigenvalue weighted by Crippen LogP contribution is -2.35. The molecule has 5 heteroatoms. The molecule has 1 saturated heterocycles. The summed E-state index contributed by atoms with van der Waals surface area (Å²) in [4.78, 5) is 18.3. The summed E-state index contributed by atoms with van der Waals surface area (Å²) in [5, 5.41) is 1.06. The SMILES string of the molecule is COCCN1C(=O)CC(N)C1c1ccc2ncccc2c1. The van der Waals surface area contributed by atoms with Crippen molar-refractivity contribution >= 4 is 16.8 Å². The number of amides is 1. The number of ether oxygens (including phenoxy) is 1. The average Bonchev–Trinajstić information content (AvgIpc) is 2.78. The number of hydrogen-bond acceptors (Lipinski definition) is 4. The molecule has 1 aromatic carbocycles. The molecular weight excluding hydrogens is 266 g/mol. The molecule has 5 nitrogen and oxygen atoms in total. The molecular formula is C16H19N3O2. The summed E-state index contributed by atoms with van der Waals surface area (Å²) in [6.07, 6.45) is 2.16. The Balaban J connectivity index is 1.96. The van der Waals surface area contributed by atoms with Gasteiger partial charge in [-0.2, -0.15) is 0 Å². The zero-order valence-corrected chi connectivity index (χ0v) is 12.0. The number of likely N-dealkylation sites (tertiary alicyclic amines) is 1. The molecule has 1 aromatic heterocycles. The van der Waals surface area contributed by atoms with Crippen LogP contribution in [0, 0.1) is 0 Å². The molecule has 3 rings (SSSR count). The van der Waals surface area contributed by atoms with E-state index in [1.807, 2.05) is 29.2 Å². The molecule has 2 aromatic rings. The van der Waals surface area contributed by atoms with Crippen molar-refractivity contribution in [3.05, 3.63) is 42.1 Å². The van der Waals surface area contributed by atoms with Crippen molar-refractivity contribution in [1.29, 1.82) is 0 Å². The molecule has 0 saturated carbocycles. The van der Waals surface area contributed by atoms with E-state index in [4.69, 9.17) is 10.5 Å². The van der Waals surface area contributed by atoms with Crippen molar-refractivity contribution in [2.75, 3.05) is 20.3 Å². The lowest BCUT2D eigenvalue weighted by atomic mass is 9.99. The van der Waals surface area contributed by atoms with Gasteiger partial charge >= 0.3 is 0 Å². The van der Waals surface area contributed by atoms with Crippen molar-refractivity contribution in [1.82, 2.24) is 9.88 Å². The van der Waals surface area contributed by atoms with Gasteiger partial charge in [-0.15, -0.1) is 0 Å². The van der Waals surface area contributed by atoms with Gasteiger partial charge in [-0.1, -0.05) is 12.1 Å². The standard InChI is InChI=1S/C16H19N3O2/c1-21-8-7-19-15(20)10-13(17)16(19)12-4-5-14-11(9-12)3-2-6-18-14/h2-6,9,13,16H,7-8,10,17H2,1H3. The lowest BCUT2D eigenvalue weighted by molar-refractivity contribution is -0.129. The van der Waals surface area contributed by atoms with E-state index in [0.717, 1.165) is 16.5 Å². The summed E-state index contributed by atoms with van der Waals surface area (Å²) in [5.41, 5.74) is 8.20. The number of hydrogen-bond donors (Lipinski definition) is 1. The van der Waals surface area contributed by atoms with Crippen molar-refractivity contribution in [2.45, 2.75) is 18.5 Å². The molecule has 2 N–H and O–H groups in total. The van der Waals surface area contributed by atoms with Crippen LogP contribution in [-0.2, 0) is 9.53 Å². The van der Waals surface area contributed by atoms with Gasteiger partial charge in [0.15, 0.2) is 0 Å². The van der Waals surface area contributed by atoms with Crippen LogP contribution in [0.5, 0.6) is 0 Å². The van der Waals surface area contributed by atoms with Crippen molar-refractivity contribution in [3.8, 4) is 0 Å². The van der Waals surface area contributed by atoms with Crippen LogP contribution in [0.2, 0.25) is 0 Å². The maximum absolute atomic E-state index is 12.1. The van der Waals surface area contributed by atoms with Gasteiger partial charge < -0.3 is 15.4 Å². The third kappa shape index (κ3) is 2.62. The molecule has 0 aliphatic carbocycles. The Morgan fingerprint density at radius 1 is 1.43 bits per heavy atom. The number of rotatable bonds is 4. The second-order valence-electron chi connectivity index (χ2n) is 5.35. The van der Waals surface area contributed by atoms with E-state index in [1.165, 1.54) is 0 Å². The van der Waals surface area contributed by atoms with E-state index in [0.29, 0.717) is 19.6 Å². The topological polar surface area (TPSA) is 68.5 Å². The van der Waals surface area contributed by atoms with Crippen molar-refractivity contribution in [2.24, 2.45) is 5.73 Å². The van der Waals surface area contributed by atoms with Gasteiger partial charge in [0.1, 0.15) is 0 Å². The summed E-state index contributed by atoms with van der Waals surface area (Å²) < 4.78 is 5.10. The number of fused-ring (bicyclic) bond motifs is 1. The van der Waals surface area contributed by atoms with Gasteiger partial charge in [-0.25, -0.2) is 0 Å². The molecule has 1 amide bonds. The summed E-state index contributed by atoms with van der Waals surface area (Å²) in [7, 11) is 1.64. The fraction of sp³-hybridized carbons (Fsp3) is 0.375. The minimum absolute atomic E-state index is 0.0859. The Morgan fingerprint density at radius 3 is 3.10 bits per heavy atom. The van der Waals surface area contributed by atoms with Crippen LogP contribution in [-0.4, -0.2) is 42.1 Å². The first-order valence-electron chi connectivity index (χ1n) is 7.09. The molecule has 1 aliphatic heterocycles. The third-order valence-electron chi connectivity index (χ3n) is 3.98. The summed E-state index contributed by atoms with van der Waals surface area (Å²) in [6, 6.07) is 9.74. The number of nitrogens with zero attached hydrogens (tertiary/aromatic N) is 2. The summed E-state index contributed by atoms with van der Waals surface area (Å²) >= 11 is 0. The van der Waals surface area contributed by atoms with Gasteiger partial charge in [-0.05, 0) is 23.8 Å². The Labute approximate surface area is 123 Å². The Kier molecular flexibility index (Phi) is 3.86. The third-order valence-corrected chi connectivity index (χ3v) is 3.98. The highest BCUT2D eigenvalue weighted by atomic mass is 16.5. The number of pyridine rings is 1. The van der Waals surface area contributed by atoms with Crippen LogP contribution >= 0.6 is 0 Å². The molecule has 2 unspecified atom stereocenters. The number of nitrogens with two attached hydrogens (primary N) is 1. The zero-order chi connectivity index (χ0) is 14.8. The average molecular weight is 285 g/mol. The minimum atomic E-state index is -0.177. The largest absolute Gasteiger partial charge is 0.383 e. The number of carbonyl (C=O) groups is 1. The second-order valence-corrected chi connectivity index (χ2v) is 5.35. The van der Waals surface area contributed by atoms with E-state index in [-0.39, 0.29) is 18.0 Å². The predicted octanol–water partition coefficient (Wildman–Crippen LogP) is 1.48. The molecule has 1 fully saturated rings. The van der Waals surface area contributed by atoms with Crippen LogP contribution in [0.3, 0.4) is 0 Å². The molecule has 0 bridgehead atoms. The normalized spacial score (nSPS) is 22.2. The smallest absolute Gasteiger partial charge is 0.224 e. The van der Waals surface area contributed by atoms with Crippen molar-refractivity contribution < 1.29 is 9.53 Å². The maximum Gasteiger partial charge on any atom is 0.224 e. The summed E-state index contributed by atoms with van der Waals surface area (Å²) in [5.74, 6) is 0.0934. The van der Waals surface area contributed by atoms with Gasteiger partial charge in [0.2, 0.25) is 5.91 Å². The first-order chi connectivity index (χ1) is 10.2. The maximum atomic E-state index is 12.1. The number of aromatic nitrogens is 1.